The van der Waals surface area contributed by atoms with Crippen LogP contribution in [0.1, 0.15) is 11.1 Å². The van der Waals surface area contributed by atoms with Gasteiger partial charge in [0.15, 0.2) is 5.96 Å². The van der Waals surface area contributed by atoms with Gasteiger partial charge in [0.25, 0.3) is 0 Å². The molecule has 1 heterocycles. The van der Waals surface area contributed by atoms with E-state index >= 15 is 0 Å². The summed E-state index contributed by atoms with van der Waals surface area (Å²) in [6.45, 7) is 4.50. The van der Waals surface area contributed by atoms with Gasteiger partial charge in [0.05, 0.1) is 12.7 Å². The molecule has 0 aliphatic carbocycles. The van der Waals surface area contributed by atoms with Gasteiger partial charge >= 0.3 is 0 Å². The Hall–Kier alpha value is -2.30. The highest BCUT2D eigenvalue weighted by Gasteiger charge is 2.06. The molecule has 0 aliphatic rings. The van der Waals surface area contributed by atoms with Gasteiger partial charge in [0.2, 0.25) is 0 Å². The van der Waals surface area contributed by atoms with E-state index in [1.807, 2.05) is 44.2 Å². The molecule has 1 N–H and O–H groups in total. The zero-order valence-electron chi connectivity index (χ0n) is 13.0. The zero-order valence-corrected chi connectivity index (χ0v) is 13.0. The van der Waals surface area contributed by atoms with Crippen LogP contribution in [0.3, 0.4) is 0 Å². The third-order valence-corrected chi connectivity index (χ3v) is 3.22. The summed E-state index contributed by atoms with van der Waals surface area (Å²) in [5.41, 5.74) is 2.45. The molecule has 112 valence electrons. The average molecular weight is 285 g/mol. The molecule has 21 heavy (non-hydrogen) atoms. The van der Waals surface area contributed by atoms with Crippen molar-refractivity contribution >= 4 is 5.96 Å². The minimum absolute atomic E-state index is 0.799. The van der Waals surface area contributed by atoms with Crippen LogP contribution in [0.15, 0.2) is 47.7 Å². The molecule has 0 atom stereocenters. The topological polar surface area (TPSA) is 45.5 Å². The summed E-state index contributed by atoms with van der Waals surface area (Å²) in [4.78, 5) is 6.44. The molecule has 5 heteroatoms. The number of aromatic nitrogens is 2. The van der Waals surface area contributed by atoms with Crippen LogP contribution in [0.4, 0.5) is 0 Å². The van der Waals surface area contributed by atoms with Gasteiger partial charge in [-0.05, 0) is 18.1 Å². The summed E-state index contributed by atoms with van der Waals surface area (Å²) in [6.07, 6.45) is 3.91. The Morgan fingerprint density at radius 1 is 1.33 bits per heavy atom. The van der Waals surface area contributed by atoms with Crippen LogP contribution in [-0.2, 0) is 13.1 Å². The van der Waals surface area contributed by atoms with Crippen molar-refractivity contribution in [3.05, 3.63) is 53.9 Å². The first-order valence-corrected chi connectivity index (χ1v) is 7.14. The molecule has 0 radical (unpaired) electrons. The van der Waals surface area contributed by atoms with E-state index in [0.717, 1.165) is 25.6 Å². The Morgan fingerprint density at radius 3 is 2.71 bits per heavy atom. The molecule has 0 unspecified atom stereocenters. The quantitative estimate of drug-likeness (QED) is 0.674. The Balaban J connectivity index is 1.82. The van der Waals surface area contributed by atoms with Gasteiger partial charge in [0.1, 0.15) is 0 Å². The summed E-state index contributed by atoms with van der Waals surface area (Å²) in [7, 11) is 3.85. The first kappa shape index (κ1) is 15.1. The number of hydrogen-bond donors (Lipinski definition) is 1. The average Bonchev–Trinajstić information content (AvgIpc) is 2.90. The number of nitrogens with one attached hydrogen (secondary N) is 1. The Labute approximate surface area is 126 Å². The lowest BCUT2D eigenvalue weighted by Gasteiger charge is -2.22. The first-order valence-electron chi connectivity index (χ1n) is 7.14. The maximum absolute atomic E-state index is 4.32. The second-order valence-corrected chi connectivity index (χ2v) is 5.10. The molecule has 0 saturated heterocycles. The Morgan fingerprint density at radius 2 is 2.10 bits per heavy atom. The predicted molar refractivity (Wildman–Crippen MR) is 86.2 cm³/mol. The number of benzene rings is 1. The van der Waals surface area contributed by atoms with Gasteiger partial charge < -0.3 is 10.2 Å². The summed E-state index contributed by atoms with van der Waals surface area (Å²) in [6, 6.07) is 10.4. The second-order valence-electron chi connectivity index (χ2n) is 5.10. The molecular weight excluding hydrogens is 262 g/mol. The number of aliphatic imine (C=N–C) groups is 1. The Kier molecular flexibility index (Phi) is 5.37. The van der Waals surface area contributed by atoms with Crippen LogP contribution in [0.25, 0.3) is 0 Å². The summed E-state index contributed by atoms with van der Waals surface area (Å²) in [5, 5.41) is 7.64. The molecule has 0 bridgehead atoms. The van der Waals surface area contributed by atoms with Crippen LogP contribution in [0.2, 0.25) is 0 Å². The highest BCUT2D eigenvalue weighted by atomic mass is 15.3. The SMILES string of the molecule is CN=C(NCCn1cc(C)cn1)N(C)Cc1ccccc1. The van der Waals surface area contributed by atoms with Gasteiger partial charge in [-0.1, -0.05) is 30.3 Å². The third kappa shape index (κ3) is 4.63. The van der Waals surface area contributed by atoms with Crippen molar-refractivity contribution in [3.8, 4) is 0 Å². The van der Waals surface area contributed by atoms with Gasteiger partial charge in [0, 0.05) is 33.4 Å². The van der Waals surface area contributed by atoms with Gasteiger partial charge in [-0.2, -0.15) is 5.10 Å². The van der Waals surface area contributed by atoms with Crippen LogP contribution in [-0.4, -0.2) is 41.3 Å². The number of aryl methyl sites for hydroxylation is 1. The molecule has 0 saturated carbocycles. The Bertz CT molecular complexity index is 573. The predicted octanol–water partition coefficient (Wildman–Crippen LogP) is 1.90. The van der Waals surface area contributed by atoms with E-state index < -0.39 is 0 Å². The number of rotatable bonds is 5. The molecule has 0 amide bonds. The van der Waals surface area contributed by atoms with E-state index in [9.17, 15) is 0 Å². The van der Waals surface area contributed by atoms with E-state index in [-0.39, 0.29) is 0 Å². The van der Waals surface area contributed by atoms with Crippen molar-refractivity contribution in [1.82, 2.24) is 20.0 Å². The van der Waals surface area contributed by atoms with Crippen LogP contribution in [0.5, 0.6) is 0 Å². The molecule has 2 rings (SSSR count). The van der Waals surface area contributed by atoms with Crippen molar-refractivity contribution in [2.45, 2.75) is 20.0 Å². The largest absolute Gasteiger partial charge is 0.354 e. The number of guanidine groups is 1. The molecule has 5 nitrogen and oxygen atoms in total. The smallest absolute Gasteiger partial charge is 0.193 e. The summed E-state index contributed by atoms with van der Waals surface area (Å²) >= 11 is 0. The molecule has 1 aromatic carbocycles. The normalized spacial score (nSPS) is 11.5. The second kappa shape index (κ2) is 7.47. The summed E-state index contributed by atoms with van der Waals surface area (Å²) in [5.74, 6) is 0.891. The third-order valence-electron chi connectivity index (χ3n) is 3.22. The monoisotopic (exact) mass is 285 g/mol. The lowest BCUT2D eigenvalue weighted by molar-refractivity contribution is 0.470. The lowest BCUT2D eigenvalue weighted by atomic mass is 10.2. The van der Waals surface area contributed by atoms with Gasteiger partial charge in [-0.3, -0.25) is 9.67 Å². The summed E-state index contributed by atoms with van der Waals surface area (Å²) < 4.78 is 1.94. The maximum Gasteiger partial charge on any atom is 0.193 e. The number of nitrogens with zero attached hydrogens (tertiary/aromatic N) is 4. The van der Waals surface area contributed by atoms with Crippen molar-refractivity contribution in [3.63, 3.8) is 0 Å². The fourth-order valence-corrected chi connectivity index (χ4v) is 2.19. The van der Waals surface area contributed by atoms with E-state index in [1.165, 1.54) is 11.1 Å². The highest BCUT2D eigenvalue weighted by molar-refractivity contribution is 5.79. The molecule has 1 aromatic heterocycles. The van der Waals surface area contributed by atoms with Crippen molar-refractivity contribution in [1.29, 1.82) is 0 Å². The van der Waals surface area contributed by atoms with Crippen molar-refractivity contribution < 1.29 is 0 Å². The van der Waals surface area contributed by atoms with Crippen LogP contribution < -0.4 is 5.32 Å². The molecule has 0 spiro atoms. The van der Waals surface area contributed by atoms with E-state index in [4.69, 9.17) is 0 Å². The van der Waals surface area contributed by atoms with Crippen molar-refractivity contribution in [2.75, 3.05) is 20.6 Å². The van der Waals surface area contributed by atoms with E-state index in [2.05, 4.69) is 44.6 Å². The standard InChI is InChI=1S/C16H23N5/c1-14-11-19-21(12-14)10-9-18-16(17-2)20(3)13-15-7-5-4-6-8-15/h4-8,11-12H,9-10,13H2,1-3H3,(H,17,18). The minimum atomic E-state index is 0.799. The highest BCUT2D eigenvalue weighted by Crippen LogP contribution is 2.02. The lowest BCUT2D eigenvalue weighted by Crippen LogP contribution is -2.39. The fourth-order valence-electron chi connectivity index (χ4n) is 2.19. The molecule has 0 fully saturated rings. The molecule has 2 aromatic rings. The first-order chi connectivity index (χ1) is 10.2. The zero-order chi connectivity index (χ0) is 15.1. The van der Waals surface area contributed by atoms with Gasteiger partial charge in [-0.25, -0.2) is 0 Å². The van der Waals surface area contributed by atoms with Crippen LogP contribution >= 0.6 is 0 Å². The molecular formula is C16H23N5. The fraction of sp³-hybridized carbons (Fsp3) is 0.375. The van der Waals surface area contributed by atoms with Crippen LogP contribution in [0, 0.1) is 6.92 Å². The molecule has 0 aliphatic heterocycles. The van der Waals surface area contributed by atoms with E-state index in [1.54, 1.807) is 0 Å². The minimum Gasteiger partial charge on any atom is -0.354 e. The maximum atomic E-state index is 4.32. The van der Waals surface area contributed by atoms with E-state index in [0.29, 0.717) is 0 Å². The number of hydrogen-bond acceptors (Lipinski definition) is 2. The van der Waals surface area contributed by atoms with Crippen molar-refractivity contribution in [2.24, 2.45) is 4.99 Å². The van der Waals surface area contributed by atoms with Gasteiger partial charge in [-0.15, -0.1) is 0 Å².